The van der Waals surface area contributed by atoms with Gasteiger partial charge in [-0.2, -0.15) is 10.2 Å². The summed E-state index contributed by atoms with van der Waals surface area (Å²) in [5.74, 6) is -0.166. The van der Waals surface area contributed by atoms with E-state index in [2.05, 4.69) is 16.0 Å². The number of esters is 1. The molecule has 0 N–H and O–H groups in total. The topological polar surface area (TPSA) is 161 Å². The number of fused-ring (bicyclic) bond motifs is 1. The average Bonchev–Trinajstić information content (AvgIpc) is 2.91. The lowest BCUT2D eigenvalue weighted by molar-refractivity contribution is -0.385. The summed E-state index contributed by atoms with van der Waals surface area (Å²) < 4.78 is 16.4. The molecule has 4 rings (SSSR count). The van der Waals surface area contributed by atoms with Crippen molar-refractivity contribution in [2.45, 2.75) is 57.1 Å². The van der Waals surface area contributed by atoms with Crippen LogP contribution in [0.15, 0.2) is 24.3 Å². The number of piperazine rings is 1. The second-order valence-electron chi connectivity index (χ2n) is 10.8. The van der Waals surface area contributed by atoms with Crippen molar-refractivity contribution >= 4 is 35.2 Å². The molecule has 1 saturated heterocycles. The molecule has 218 valence electrons. The van der Waals surface area contributed by atoms with E-state index in [4.69, 9.17) is 25.8 Å². The molecular weight excluding hydrogens is 556 g/mol. The Bertz CT molecular complexity index is 1390. The first kappa shape index (κ1) is 29.8. The van der Waals surface area contributed by atoms with Gasteiger partial charge in [-0.15, -0.1) is 0 Å². The van der Waals surface area contributed by atoms with Crippen molar-refractivity contribution in [1.82, 2.24) is 14.9 Å². The van der Waals surface area contributed by atoms with Gasteiger partial charge in [-0.25, -0.2) is 9.78 Å². The second-order valence-corrected chi connectivity index (χ2v) is 11.2. The van der Waals surface area contributed by atoms with Gasteiger partial charge in [-0.3, -0.25) is 14.9 Å². The SMILES string of the molecule is COC(=O)C1(Cc2nc(Cl)nc(N3CCN(C(=O)OC(C)(C)C)[C@@H](CC#N)C3)c2[N+](=O)[O-])CCOc2ccccc21. The maximum atomic E-state index is 13.3. The summed E-state index contributed by atoms with van der Waals surface area (Å²) in [6.45, 7) is 5.78. The van der Waals surface area contributed by atoms with Crippen LogP contribution in [0.5, 0.6) is 5.75 Å². The number of hydrogen-bond acceptors (Lipinski definition) is 11. The highest BCUT2D eigenvalue weighted by Gasteiger charge is 2.48. The number of rotatable bonds is 6. The Hall–Kier alpha value is -4.18. The minimum Gasteiger partial charge on any atom is -0.493 e. The van der Waals surface area contributed by atoms with Crippen molar-refractivity contribution in [2.75, 3.05) is 38.3 Å². The van der Waals surface area contributed by atoms with Gasteiger partial charge < -0.3 is 24.0 Å². The third kappa shape index (κ3) is 6.12. The molecule has 1 unspecified atom stereocenters. The molecule has 2 atom stereocenters. The molecular formula is C27H31ClN6O7. The molecule has 0 radical (unpaired) electrons. The van der Waals surface area contributed by atoms with E-state index in [1.165, 1.54) is 12.0 Å². The van der Waals surface area contributed by atoms with Crippen LogP contribution in [-0.4, -0.2) is 76.8 Å². The van der Waals surface area contributed by atoms with Crippen LogP contribution in [0.4, 0.5) is 16.3 Å². The highest BCUT2D eigenvalue weighted by molar-refractivity contribution is 6.28. The minimum atomic E-state index is -1.32. The number of ether oxygens (including phenoxy) is 3. The van der Waals surface area contributed by atoms with E-state index in [-0.39, 0.29) is 62.3 Å². The zero-order valence-electron chi connectivity index (χ0n) is 23.3. The van der Waals surface area contributed by atoms with Gasteiger partial charge >= 0.3 is 17.7 Å². The van der Waals surface area contributed by atoms with Gasteiger partial charge in [0, 0.05) is 38.0 Å². The van der Waals surface area contributed by atoms with E-state index < -0.39 is 39.7 Å². The Balaban J connectivity index is 1.75. The summed E-state index contributed by atoms with van der Waals surface area (Å²) in [6.07, 6.45) is -0.599. The van der Waals surface area contributed by atoms with E-state index in [1.54, 1.807) is 49.9 Å². The quantitative estimate of drug-likeness (QED) is 0.209. The molecule has 0 saturated carbocycles. The Morgan fingerprint density at radius 3 is 2.68 bits per heavy atom. The van der Waals surface area contributed by atoms with Gasteiger partial charge in [0.05, 0.1) is 37.2 Å². The van der Waals surface area contributed by atoms with Crippen molar-refractivity contribution in [1.29, 1.82) is 5.26 Å². The van der Waals surface area contributed by atoms with E-state index in [0.29, 0.717) is 11.3 Å². The van der Waals surface area contributed by atoms with Gasteiger partial charge in [0.15, 0.2) is 0 Å². The summed E-state index contributed by atoms with van der Waals surface area (Å²) in [7, 11) is 1.26. The monoisotopic (exact) mass is 586 g/mol. The number of carbonyl (C=O) groups is 2. The van der Waals surface area contributed by atoms with Gasteiger partial charge in [0.25, 0.3) is 0 Å². The molecule has 13 nitrogen and oxygen atoms in total. The lowest BCUT2D eigenvalue weighted by Crippen LogP contribution is -2.56. The smallest absolute Gasteiger partial charge is 0.410 e. The van der Waals surface area contributed by atoms with Crippen LogP contribution in [0.1, 0.15) is 44.9 Å². The van der Waals surface area contributed by atoms with Crippen molar-refractivity contribution in [3.63, 3.8) is 0 Å². The lowest BCUT2D eigenvalue weighted by Gasteiger charge is -2.41. The average molecular weight is 587 g/mol. The fraction of sp³-hybridized carbons (Fsp3) is 0.519. The Kier molecular flexibility index (Phi) is 8.53. The molecule has 1 amide bonds. The number of benzene rings is 1. The fourth-order valence-electron chi connectivity index (χ4n) is 5.28. The van der Waals surface area contributed by atoms with Gasteiger partial charge in [-0.05, 0) is 38.4 Å². The highest BCUT2D eigenvalue weighted by Crippen LogP contribution is 2.44. The third-order valence-electron chi connectivity index (χ3n) is 7.06. The lowest BCUT2D eigenvalue weighted by atomic mass is 9.72. The highest BCUT2D eigenvalue weighted by atomic mass is 35.5. The van der Waals surface area contributed by atoms with Crippen LogP contribution >= 0.6 is 11.6 Å². The molecule has 0 aliphatic carbocycles. The first-order valence-corrected chi connectivity index (χ1v) is 13.4. The summed E-state index contributed by atoms with van der Waals surface area (Å²) in [6, 6.07) is 8.41. The summed E-state index contributed by atoms with van der Waals surface area (Å²) in [5.41, 5.74) is -1.98. The van der Waals surface area contributed by atoms with E-state index >= 15 is 0 Å². The Morgan fingerprint density at radius 2 is 2.02 bits per heavy atom. The standard InChI is InChI=1S/C27H31ClN6O7/c1-26(2,3)41-25(36)33-13-12-32(16-17(33)9-11-29)22-21(34(37)38)19(30-24(28)31-22)15-27(23(35)39-4)10-14-40-20-8-6-5-7-18(20)27/h5-8,17H,9-10,12-16H2,1-4H3/t17-,27?/m0/s1. The number of aromatic nitrogens is 2. The number of amides is 1. The van der Waals surface area contributed by atoms with Gasteiger partial charge in [0.2, 0.25) is 11.1 Å². The molecule has 1 fully saturated rings. The Morgan fingerprint density at radius 1 is 1.29 bits per heavy atom. The number of hydrogen-bond donors (Lipinski definition) is 0. The number of nitriles is 1. The van der Waals surface area contributed by atoms with Crippen molar-refractivity contribution in [3.8, 4) is 11.8 Å². The molecule has 0 bridgehead atoms. The molecule has 0 spiro atoms. The zero-order chi connectivity index (χ0) is 29.9. The number of para-hydroxylation sites is 1. The molecule has 2 aliphatic rings. The first-order chi connectivity index (χ1) is 19.4. The van der Waals surface area contributed by atoms with Crippen LogP contribution in [0.3, 0.4) is 0 Å². The van der Waals surface area contributed by atoms with Crippen molar-refractivity contribution < 1.29 is 28.7 Å². The summed E-state index contributed by atoms with van der Waals surface area (Å²) in [5, 5.41) is 21.7. The molecule has 1 aromatic heterocycles. The second kappa shape index (κ2) is 11.7. The number of nitro groups is 1. The molecule has 2 aromatic rings. The largest absolute Gasteiger partial charge is 0.493 e. The molecule has 3 heterocycles. The number of carbonyl (C=O) groups excluding carboxylic acids is 2. The van der Waals surface area contributed by atoms with Gasteiger partial charge in [-0.1, -0.05) is 18.2 Å². The third-order valence-corrected chi connectivity index (χ3v) is 7.23. The molecule has 1 aromatic carbocycles. The van der Waals surface area contributed by atoms with E-state index in [1.807, 2.05) is 0 Å². The molecule has 41 heavy (non-hydrogen) atoms. The normalized spacial score (nSPS) is 20.3. The number of nitrogens with zero attached hydrogens (tertiary/aromatic N) is 6. The first-order valence-electron chi connectivity index (χ1n) is 13.0. The van der Waals surface area contributed by atoms with E-state index in [9.17, 15) is 25.0 Å². The van der Waals surface area contributed by atoms with Crippen molar-refractivity contribution in [2.24, 2.45) is 0 Å². The van der Waals surface area contributed by atoms with Crippen LogP contribution < -0.4 is 9.64 Å². The van der Waals surface area contributed by atoms with Crippen LogP contribution in [0.2, 0.25) is 5.28 Å². The predicted octanol–water partition coefficient (Wildman–Crippen LogP) is 3.81. The van der Waals surface area contributed by atoms with E-state index in [0.717, 1.165) is 0 Å². The maximum Gasteiger partial charge on any atom is 0.410 e. The van der Waals surface area contributed by atoms with Crippen LogP contribution in [0.25, 0.3) is 0 Å². The molecule has 2 aliphatic heterocycles. The predicted molar refractivity (Wildman–Crippen MR) is 147 cm³/mol. The minimum absolute atomic E-state index is 0.0303. The summed E-state index contributed by atoms with van der Waals surface area (Å²) >= 11 is 6.32. The Labute approximate surface area is 242 Å². The number of anilines is 1. The molecule has 14 heteroatoms. The number of halogens is 1. The fourth-order valence-corrected chi connectivity index (χ4v) is 5.47. The summed E-state index contributed by atoms with van der Waals surface area (Å²) in [4.78, 5) is 49.6. The van der Waals surface area contributed by atoms with Crippen molar-refractivity contribution in [3.05, 3.63) is 50.9 Å². The maximum absolute atomic E-state index is 13.3. The van der Waals surface area contributed by atoms with Gasteiger partial charge in [0.1, 0.15) is 22.5 Å². The van der Waals surface area contributed by atoms with Crippen LogP contribution in [0, 0.1) is 21.4 Å². The number of methoxy groups -OCH3 is 1. The zero-order valence-corrected chi connectivity index (χ0v) is 24.0. The van der Waals surface area contributed by atoms with Crippen LogP contribution in [-0.2, 0) is 26.1 Å².